The number of nitrogens with zero attached hydrogens (tertiary/aromatic N) is 1. The van der Waals surface area contributed by atoms with E-state index < -0.39 is 0 Å². The van der Waals surface area contributed by atoms with Crippen LogP contribution in [0.15, 0.2) is 30.3 Å². The molecule has 5 nitrogen and oxygen atoms in total. The van der Waals surface area contributed by atoms with Crippen molar-refractivity contribution in [1.82, 2.24) is 10.2 Å². The first kappa shape index (κ1) is 17.5. The van der Waals surface area contributed by atoms with Crippen molar-refractivity contribution in [3.8, 4) is 0 Å². The second-order valence-electron chi connectivity index (χ2n) is 6.36. The highest BCUT2D eigenvalue weighted by Gasteiger charge is 2.23. The third kappa shape index (κ3) is 6.02. The molecule has 5 heteroatoms. The van der Waals surface area contributed by atoms with Crippen molar-refractivity contribution in [2.45, 2.75) is 26.3 Å². The first-order valence-electron chi connectivity index (χ1n) is 8.21. The fourth-order valence-corrected chi connectivity index (χ4v) is 2.78. The molecule has 1 aliphatic heterocycles. The molecule has 0 bridgehead atoms. The van der Waals surface area contributed by atoms with E-state index in [-0.39, 0.29) is 17.7 Å². The van der Waals surface area contributed by atoms with Crippen LogP contribution in [0.3, 0.4) is 0 Å². The van der Waals surface area contributed by atoms with E-state index in [0.29, 0.717) is 18.9 Å². The zero-order valence-corrected chi connectivity index (χ0v) is 13.7. The topological polar surface area (TPSA) is 75.4 Å². The highest BCUT2D eigenvalue weighted by Crippen LogP contribution is 2.18. The molecule has 0 spiro atoms. The molecule has 1 aliphatic rings. The van der Waals surface area contributed by atoms with Crippen LogP contribution in [-0.4, -0.2) is 36.3 Å². The van der Waals surface area contributed by atoms with Gasteiger partial charge in [-0.2, -0.15) is 0 Å². The number of carbonyl (C=O) groups is 2. The van der Waals surface area contributed by atoms with Crippen molar-refractivity contribution in [1.29, 1.82) is 0 Å². The van der Waals surface area contributed by atoms with Crippen molar-refractivity contribution in [3.63, 3.8) is 0 Å². The van der Waals surface area contributed by atoms with Gasteiger partial charge in [-0.25, -0.2) is 0 Å². The van der Waals surface area contributed by atoms with Gasteiger partial charge < -0.3 is 11.1 Å². The summed E-state index contributed by atoms with van der Waals surface area (Å²) >= 11 is 0. The molecular formula is C18H26N3O2. The number of nitrogens with one attached hydrogen (secondary N) is 1. The van der Waals surface area contributed by atoms with Gasteiger partial charge in [0.15, 0.2) is 0 Å². The van der Waals surface area contributed by atoms with Crippen LogP contribution in [-0.2, 0) is 16.1 Å². The molecule has 2 rings (SSSR count). The van der Waals surface area contributed by atoms with Crippen molar-refractivity contribution in [3.05, 3.63) is 42.3 Å². The monoisotopic (exact) mass is 316 g/mol. The van der Waals surface area contributed by atoms with E-state index in [1.807, 2.05) is 6.07 Å². The molecule has 3 N–H and O–H groups in total. The smallest absolute Gasteiger partial charge is 0.223 e. The Morgan fingerprint density at radius 2 is 2.13 bits per heavy atom. The number of rotatable bonds is 8. The summed E-state index contributed by atoms with van der Waals surface area (Å²) in [6.07, 6.45) is 3.02. The minimum Gasteiger partial charge on any atom is -0.369 e. The number of likely N-dealkylation sites (tertiary alicyclic amines) is 1. The van der Waals surface area contributed by atoms with Crippen molar-refractivity contribution in [2.75, 3.05) is 19.6 Å². The normalized spacial score (nSPS) is 19.4. The Kier molecular flexibility index (Phi) is 6.59. The van der Waals surface area contributed by atoms with Gasteiger partial charge in [0.25, 0.3) is 0 Å². The predicted molar refractivity (Wildman–Crippen MR) is 90.1 cm³/mol. The number of amides is 2. The van der Waals surface area contributed by atoms with Crippen LogP contribution >= 0.6 is 0 Å². The van der Waals surface area contributed by atoms with Gasteiger partial charge in [-0.05, 0) is 30.9 Å². The average molecular weight is 316 g/mol. The molecule has 1 heterocycles. The molecule has 0 saturated carbocycles. The molecule has 0 aromatic heterocycles. The summed E-state index contributed by atoms with van der Waals surface area (Å²) in [6, 6.07) is 10.4. The van der Waals surface area contributed by atoms with Crippen molar-refractivity contribution in [2.24, 2.45) is 17.6 Å². The van der Waals surface area contributed by atoms with E-state index in [4.69, 9.17) is 5.73 Å². The Balaban J connectivity index is 1.64. The zero-order chi connectivity index (χ0) is 16.7. The van der Waals surface area contributed by atoms with Crippen LogP contribution in [0.5, 0.6) is 0 Å². The number of nitrogens with two attached hydrogens (primary N) is 1. The van der Waals surface area contributed by atoms with Crippen LogP contribution in [0.1, 0.15) is 25.3 Å². The lowest BCUT2D eigenvalue weighted by molar-refractivity contribution is -0.121. The zero-order valence-electron chi connectivity index (χ0n) is 13.7. The Bertz CT molecular complexity index is 518. The van der Waals surface area contributed by atoms with Crippen LogP contribution in [0, 0.1) is 18.3 Å². The Hall–Kier alpha value is -1.88. The maximum atomic E-state index is 11.8. The molecule has 1 saturated heterocycles. The van der Waals surface area contributed by atoms with Gasteiger partial charge in [0.2, 0.25) is 11.8 Å². The first-order chi connectivity index (χ1) is 11.0. The quantitative estimate of drug-likeness (QED) is 0.760. The Labute approximate surface area is 138 Å². The molecule has 0 aliphatic carbocycles. The summed E-state index contributed by atoms with van der Waals surface area (Å²) in [6.45, 7) is 5.45. The summed E-state index contributed by atoms with van der Waals surface area (Å²) in [5, 5.41) is 2.93. The molecular weight excluding hydrogens is 290 g/mol. The van der Waals surface area contributed by atoms with E-state index in [1.54, 1.807) is 6.92 Å². The second-order valence-corrected chi connectivity index (χ2v) is 6.36. The van der Waals surface area contributed by atoms with Crippen LogP contribution < -0.4 is 11.1 Å². The average Bonchev–Trinajstić information content (AvgIpc) is 2.99. The molecule has 1 unspecified atom stereocenters. The van der Waals surface area contributed by atoms with Gasteiger partial charge in [0.1, 0.15) is 0 Å². The SMILES string of the molecule is CC(C[CH]C(=O)NC[C@@H]1CCN(Cc2ccccc2)C1)C(N)=O. The third-order valence-corrected chi connectivity index (χ3v) is 4.33. The summed E-state index contributed by atoms with van der Waals surface area (Å²) in [4.78, 5) is 25.1. The number of hydrogen-bond donors (Lipinski definition) is 2. The van der Waals surface area contributed by atoms with E-state index >= 15 is 0 Å². The van der Waals surface area contributed by atoms with Crippen molar-refractivity contribution < 1.29 is 9.59 Å². The molecule has 1 fully saturated rings. The van der Waals surface area contributed by atoms with Gasteiger partial charge in [0, 0.05) is 25.6 Å². The van der Waals surface area contributed by atoms with Gasteiger partial charge in [-0.15, -0.1) is 0 Å². The standard InChI is InChI=1S/C18H26N3O2/c1-14(18(19)23)7-8-17(22)20-11-16-9-10-21(13-16)12-15-5-3-2-4-6-15/h2-6,8,14,16H,7,9-13H2,1H3,(H2,19,23)(H,20,22)/t14?,16-/m0/s1. The minimum atomic E-state index is -0.374. The minimum absolute atomic E-state index is 0.111. The van der Waals surface area contributed by atoms with E-state index in [1.165, 1.54) is 12.0 Å². The molecule has 1 aromatic carbocycles. The first-order valence-corrected chi connectivity index (χ1v) is 8.21. The maximum absolute atomic E-state index is 11.8. The van der Waals surface area contributed by atoms with Gasteiger partial charge in [0.05, 0.1) is 6.42 Å². The summed E-state index contributed by atoms with van der Waals surface area (Å²) in [7, 11) is 0. The number of benzene rings is 1. The molecule has 23 heavy (non-hydrogen) atoms. The van der Waals surface area contributed by atoms with Crippen LogP contribution in [0.4, 0.5) is 0 Å². The molecule has 125 valence electrons. The lowest BCUT2D eigenvalue weighted by Crippen LogP contribution is -2.32. The van der Waals surface area contributed by atoms with Crippen molar-refractivity contribution >= 4 is 11.8 Å². The van der Waals surface area contributed by atoms with Gasteiger partial charge in [-0.3, -0.25) is 14.5 Å². The largest absolute Gasteiger partial charge is 0.369 e. The lowest BCUT2D eigenvalue weighted by atomic mass is 10.0. The molecule has 1 radical (unpaired) electrons. The second kappa shape index (κ2) is 8.67. The van der Waals surface area contributed by atoms with Crippen LogP contribution in [0.2, 0.25) is 0 Å². The predicted octanol–water partition coefficient (Wildman–Crippen LogP) is 1.34. The Morgan fingerprint density at radius 3 is 2.83 bits per heavy atom. The summed E-state index contributed by atoms with van der Waals surface area (Å²) < 4.78 is 0. The van der Waals surface area contributed by atoms with E-state index in [0.717, 1.165) is 26.1 Å². The van der Waals surface area contributed by atoms with Gasteiger partial charge in [-0.1, -0.05) is 37.3 Å². The highest BCUT2D eigenvalue weighted by molar-refractivity contribution is 5.85. The highest BCUT2D eigenvalue weighted by atomic mass is 16.2. The lowest BCUT2D eigenvalue weighted by Gasteiger charge is -2.16. The maximum Gasteiger partial charge on any atom is 0.223 e. The van der Waals surface area contributed by atoms with Gasteiger partial charge >= 0.3 is 0 Å². The summed E-state index contributed by atoms with van der Waals surface area (Å²) in [5.41, 5.74) is 6.50. The number of carbonyl (C=O) groups excluding carboxylic acids is 2. The van der Waals surface area contributed by atoms with Crippen LogP contribution in [0.25, 0.3) is 0 Å². The summed E-state index contributed by atoms with van der Waals surface area (Å²) in [5.74, 6) is -0.292. The fourth-order valence-electron chi connectivity index (χ4n) is 2.78. The Morgan fingerprint density at radius 1 is 1.39 bits per heavy atom. The fraction of sp³-hybridized carbons (Fsp3) is 0.500. The van der Waals surface area contributed by atoms with E-state index in [9.17, 15) is 9.59 Å². The number of primary amides is 1. The molecule has 2 atom stereocenters. The third-order valence-electron chi connectivity index (χ3n) is 4.33. The molecule has 2 amide bonds. The number of hydrogen-bond acceptors (Lipinski definition) is 3. The van der Waals surface area contributed by atoms with E-state index in [2.05, 4.69) is 34.5 Å². The molecule has 1 aromatic rings.